The summed E-state index contributed by atoms with van der Waals surface area (Å²) in [6, 6.07) is 4.12. The van der Waals surface area contributed by atoms with Crippen LogP contribution in [0.25, 0.3) is 10.8 Å². The van der Waals surface area contributed by atoms with Crippen LogP contribution in [-0.4, -0.2) is 36.5 Å². The van der Waals surface area contributed by atoms with Crippen LogP contribution in [0, 0.1) is 5.92 Å². The van der Waals surface area contributed by atoms with Crippen molar-refractivity contribution in [2.45, 2.75) is 36.6 Å². The highest BCUT2D eigenvalue weighted by Gasteiger charge is 2.29. The van der Waals surface area contributed by atoms with Crippen LogP contribution >= 0.6 is 24.0 Å². The second kappa shape index (κ2) is 9.12. The molecule has 1 aliphatic carbocycles. The van der Waals surface area contributed by atoms with Crippen LogP contribution in [0.3, 0.4) is 0 Å². The van der Waals surface area contributed by atoms with Gasteiger partial charge < -0.3 is 16.6 Å². The van der Waals surface area contributed by atoms with Crippen LogP contribution in [0.5, 0.6) is 0 Å². The number of fused-ring (bicyclic) bond motifs is 1. The number of nitrogens with two attached hydrogens (primary N) is 2. The second-order valence-electron chi connectivity index (χ2n) is 6.68. The molecule has 9 nitrogen and oxygen atoms in total. The molecule has 1 fully saturated rings. The first-order chi connectivity index (χ1) is 13.2. The molecule has 0 amide bonds. The lowest BCUT2D eigenvalue weighted by molar-refractivity contribution is -0.142. The van der Waals surface area contributed by atoms with E-state index in [2.05, 4.69) is 14.7 Å². The predicted molar refractivity (Wildman–Crippen MR) is 113 cm³/mol. The Balaban J connectivity index is 0.00000300. The third-order valence-electron chi connectivity index (χ3n) is 4.73. The second-order valence-corrected chi connectivity index (χ2v) is 8.80. The quantitative estimate of drug-likeness (QED) is 0.391. The van der Waals surface area contributed by atoms with Gasteiger partial charge in [-0.3, -0.25) is 4.79 Å². The van der Waals surface area contributed by atoms with Crippen molar-refractivity contribution in [2.75, 3.05) is 0 Å². The molecule has 1 aromatic carbocycles. The number of guanidine groups is 1. The number of benzene rings is 1. The van der Waals surface area contributed by atoms with E-state index in [9.17, 15) is 13.2 Å². The molecular formula is C17H21Cl2N5O4S. The molecule has 1 saturated carbocycles. The molecular weight excluding hydrogens is 441 g/mol. The van der Waals surface area contributed by atoms with E-state index in [0.717, 1.165) is 0 Å². The van der Waals surface area contributed by atoms with Gasteiger partial charge in [-0.25, -0.2) is 18.1 Å². The number of nitrogens with one attached hydrogen (secondary N) is 1. The zero-order valence-electron chi connectivity index (χ0n) is 15.2. The van der Waals surface area contributed by atoms with Gasteiger partial charge >= 0.3 is 5.97 Å². The Morgan fingerprint density at radius 3 is 2.45 bits per heavy atom. The van der Waals surface area contributed by atoms with Gasteiger partial charge in [-0.15, -0.1) is 12.4 Å². The van der Waals surface area contributed by atoms with Gasteiger partial charge in [0, 0.05) is 23.0 Å². The van der Waals surface area contributed by atoms with E-state index in [-0.39, 0.29) is 35.1 Å². The number of nitrogens with zero attached hydrogens (tertiary/aromatic N) is 2. The lowest BCUT2D eigenvalue weighted by Crippen LogP contribution is -2.38. The zero-order valence-corrected chi connectivity index (χ0v) is 17.6. The van der Waals surface area contributed by atoms with Gasteiger partial charge in [0.2, 0.25) is 10.0 Å². The normalized spacial score (nSPS) is 19.3. The molecule has 0 atom stereocenters. The summed E-state index contributed by atoms with van der Waals surface area (Å²) >= 11 is 6.14. The molecule has 0 bridgehead atoms. The highest BCUT2D eigenvalue weighted by Crippen LogP contribution is 2.32. The largest absolute Gasteiger partial charge is 0.481 e. The molecule has 1 aromatic heterocycles. The lowest BCUT2D eigenvalue weighted by Gasteiger charge is -2.26. The van der Waals surface area contributed by atoms with Crippen molar-refractivity contribution in [3.8, 4) is 0 Å². The third kappa shape index (κ3) is 5.27. The highest BCUT2D eigenvalue weighted by atomic mass is 35.5. The number of halogens is 2. The summed E-state index contributed by atoms with van der Waals surface area (Å²) in [5.41, 5.74) is 10.8. The van der Waals surface area contributed by atoms with Gasteiger partial charge in [0.1, 0.15) is 0 Å². The fourth-order valence-corrected chi connectivity index (χ4v) is 4.84. The first-order valence-corrected chi connectivity index (χ1v) is 10.5. The van der Waals surface area contributed by atoms with E-state index in [1.807, 2.05) is 0 Å². The Bertz CT molecular complexity index is 1050. The molecule has 3 rings (SSSR count). The Labute approximate surface area is 179 Å². The minimum absolute atomic E-state index is 0. The number of pyridine rings is 1. The monoisotopic (exact) mass is 461 g/mol. The maximum absolute atomic E-state index is 12.8. The van der Waals surface area contributed by atoms with Gasteiger partial charge in [0.25, 0.3) is 0 Å². The van der Waals surface area contributed by atoms with E-state index in [1.54, 1.807) is 6.07 Å². The summed E-state index contributed by atoms with van der Waals surface area (Å²) in [6.07, 6.45) is 3.20. The van der Waals surface area contributed by atoms with E-state index < -0.39 is 21.9 Å². The van der Waals surface area contributed by atoms with Gasteiger partial charge in [0.05, 0.1) is 15.8 Å². The number of aromatic nitrogens is 1. The summed E-state index contributed by atoms with van der Waals surface area (Å²) in [6.45, 7) is 0. The zero-order chi connectivity index (χ0) is 20.5. The number of hydrogen-bond donors (Lipinski definition) is 4. The summed E-state index contributed by atoms with van der Waals surface area (Å²) in [5, 5.41) is 10.4. The summed E-state index contributed by atoms with van der Waals surface area (Å²) in [7, 11) is -3.83. The lowest BCUT2D eigenvalue weighted by atomic mass is 9.87. The number of hydrogen-bond acceptors (Lipinski definition) is 5. The minimum Gasteiger partial charge on any atom is -0.481 e. The fourth-order valence-electron chi connectivity index (χ4n) is 3.30. The number of rotatable bonds is 5. The van der Waals surface area contributed by atoms with E-state index >= 15 is 0 Å². The van der Waals surface area contributed by atoms with Gasteiger partial charge in [0.15, 0.2) is 11.8 Å². The average Bonchev–Trinajstić information content (AvgIpc) is 2.63. The number of carboxylic acid groups (broad SMARTS) is 1. The molecule has 158 valence electrons. The van der Waals surface area contributed by atoms with Crippen molar-refractivity contribution in [1.29, 1.82) is 0 Å². The van der Waals surface area contributed by atoms with E-state index in [4.69, 9.17) is 28.2 Å². The Morgan fingerprint density at radius 2 is 1.86 bits per heavy atom. The van der Waals surface area contributed by atoms with Gasteiger partial charge in [-0.1, -0.05) is 17.7 Å². The number of aliphatic imine (C=N–C) groups is 1. The standard InChI is InChI=1S/C17H20ClN5O4S.ClH/c18-14-8-21-15(22-17(19)20)13-7-11(5-6-12(13)14)28(26,27)23-10-3-1-9(2-4-10)16(24)25;/h5-10,23H,1-4H2,(H,24,25)(H4,19,20,21,22);1H. The molecule has 1 aliphatic rings. The average molecular weight is 462 g/mol. The van der Waals surface area contributed by atoms with Crippen molar-refractivity contribution in [3.63, 3.8) is 0 Å². The third-order valence-corrected chi connectivity index (χ3v) is 6.55. The first-order valence-electron chi connectivity index (χ1n) is 8.60. The predicted octanol–water partition coefficient (Wildman–Crippen LogP) is 2.14. The fraction of sp³-hybridized carbons (Fsp3) is 0.353. The van der Waals surface area contributed by atoms with Crippen molar-refractivity contribution in [3.05, 3.63) is 29.4 Å². The Kier molecular flexibility index (Phi) is 7.28. The van der Waals surface area contributed by atoms with Crippen molar-refractivity contribution in [1.82, 2.24) is 9.71 Å². The Morgan fingerprint density at radius 1 is 1.21 bits per heavy atom. The molecule has 0 spiro atoms. The first kappa shape index (κ1) is 23.1. The Hall–Kier alpha value is -2.14. The highest BCUT2D eigenvalue weighted by molar-refractivity contribution is 7.89. The molecule has 0 saturated heterocycles. The number of carboxylic acids is 1. The molecule has 2 aromatic rings. The minimum atomic E-state index is -3.83. The van der Waals surface area contributed by atoms with Crippen LogP contribution in [0.1, 0.15) is 25.7 Å². The van der Waals surface area contributed by atoms with E-state index in [1.165, 1.54) is 18.3 Å². The van der Waals surface area contributed by atoms with Gasteiger partial charge in [-0.2, -0.15) is 4.99 Å². The van der Waals surface area contributed by atoms with Crippen LogP contribution < -0.4 is 16.2 Å². The number of sulfonamides is 1. The maximum atomic E-state index is 12.8. The maximum Gasteiger partial charge on any atom is 0.306 e. The van der Waals surface area contributed by atoms with Gasteiger partial charge in [-0.05, 0) is 37.8 Å². The number of carbonyl (C=O) groups is 1. The van der Waals surface area contributed by atoms with Crippen LogP contribution in [0.4, 0.5) is 5.82 Å². The topological polar surface area (TPSA) is 161 Å². The van der Waals surface area contributed by atoms with Crippen LogP contribution in [-0.2, 0) is 14.8 Å². The van der Waals surface area contributed by atoms with Crippen molar-refractivity contribution < 1.29 is 18.3 Å². The van der Waals surface area contributed by atoms with Crippen molar-refractivity contribution >= 4 is 62.6 Å². The molecule has 12 heteroatoms. The SMILES string of the molecule is Cl.NC(N)=Nc1ncc(Cl)c2ccc(S(=O)(=O)NC3CCC(C(=O)O)CC3)cc12. The summed E-state index contributed by atoms with van der Waals surface area (Å²) in [4.78, 5) is 19.1. The summed E-state index contributed by atoms with van der Waals surface area (Å²) < 4.78 is 28.3. The molecule has 0 aliphatic heterocycles. The van der Waals surface area contributed by atoms with Crippen molar-refractivity contribution in [2.24, 2.45) is 22.4 Å². The molecule has 1 heterocycles. The molecule has 0 radical (unpaired) electrons. The molecule has 0 unspecified atom stereocenters. The molecule has 6 N–H and O–H groups in total. The molecule has 29 heavy (non-hydrogen) atoms. The summed E-state index contributed by atoms with van der Waals surface area (Å²) in [5.74, 6) is -1.31. The van der Waals surface area contributed by atoms with Crippen LogP contribution in [0.15, 0.2) is 34.3 Å². The van der Waals surface area contributed by atoms with E-state index in [0.29, 0.717) is 41.5 Å². The number of aliphatic carboxylic acids is 1. The van der Waals surface area contributed by atoms with Crippen LogP contribution in [0.2, 0.25) is 5.02 Å². The smallest absolute Gasteiger partial charge is 0.306 e.